The third kappa shape index (κ3) is 4.86. The van der Waals surface area contributed by atoms with Crippen LogP contribution in [-0.4, -0.2) is 10.1 Å². The first-order valence-electron chi connectivity index (χ1n) is 16.0. The predicted molar refractivity (Wildman–Crippen MR) is 192 cm³/mol. The van der Waals surface area contributed by atoms with E-state index in [4.69, 9.17) is 4.74 Å². The molecular formula is C42H40BrNO2. The normalized spacial score (nSPS) is 15.9. The fourth-order valence-corrected chi connectivity index (χ4v) is 7.54. The SMILES string of the molecule is CC(C)(C)c1cc([C@H]2c3ccccc3OC(c3ccccc3)(c3ccccc3)c3[nH]c4ccc(Br)cc4c32)cc(C(C)(C)C)c1O. The largest absolute Gasteiger partial charge is 0.507 e. The van der Waals surface area contributed by atoms with Crippen LogP contribution >= 0.6 is 15.9 Å². The second kappa shape index (κ2) is 10.9. The zero-order chi connectivity index (χ0) is 32.4. The topological polar surface area (TPSA) is 45.2 Å². The molecule has 0 spiro atoms. The number of H-pyrrole nitrogens is 1. The number of hydrogen-bond donors (Lipinski definition) is 2. The maximum Gasteiger partial charge on any atom is 0.199 e. The first-order chi connectivity index (χ1) is 21.9. The van der Waals surface area contributed by atoms with Crippen molar-refractivity contribution in [2.45, 2.75) is 63.9 Å². The van der Waals surface area contributed by atoms with Gasteiger partial charge in [0.15, 0.2) is 5.60 Å². The van der Waals surface area contributed by atoms with Crippen LogP contribution in [0.1, 0.15) is 92.1 Å². The van der Waals surface area contributed by atoms with Gasteiger partial charge in [-0.2, -0.15) is 0 Å². The number of rotatable bonds is 3. The van der Waals surface area contributed by atoms with Crippen LogP contribution in [0, 0.1) is 0 Å². The van der Waals surface area contributed by atoms with Gasteiger partial charge in [0.05, 0.1) is 5.69 Å². The van der Waals surface area contributed by atoms with Gasteiger partial charge < -0.3 is 14.8 Å². The third-order valence-corrected chi connectivity index (χ3v) is 9.87. The number of para-hydroxylation sites is 1. The van der Waals surface area contributed by atoms with Crippen molar-refractivity contribution >= 4 is 26.8 Å². The number of benzene rings is 5. The summed E-state index contributed by atoms with van der Waals surface area (Å²) in [6, 6.07) is 40.5. The Labute approximate surface area is 280 Å². The number of phenols is 1. The number of aromatic nitrogens is 1. The third-order valence-electron chi connectivity index (χ3n) is 9.38. The van der Waals surface area contributed by atoms with Crippen LogP contribution in [-0.2, 0) is 16.4 Å². The van der Waals surface area contributed by atoms with Gasteiger partial charge in [-0.15, -0.1) is 0 Å². The molecule has 2 heterocycles. The van der Waals surface area contributed by atoms with Crippen LogP contribution in [0.2, 0.25) is 0 Å². The molecule has 0 saturated carbocycles. The first-order valence-corrected chi connectivity index (χ1v) is 16.8. The van der Waals surface area contributed by atoms with Crippen LogP contribution in [0.3, 0.4) is 0 Å². The van der Waals surface area contributed by atoms with Gasteiger partial charge in [-0.3, -0.25) is 0 Å². The Morgan fingerprint density at radius 1 is 0.696 bits per heavy atom. The molecule has 5 aromatic carbocycles. The summed E-state index contributed by atoms with van der Waals surface area (Å²) in [5, 5.41) is 12.9. The quantitative estimate of drug-likeness (QED) is 0.197. The summed E-state index contributed by atoms with van der Waals surface area (Å²) in [7, 11) is 0. The van der Waals surface area contributed by atoms with Gasteiger partial charge in [0.1, 0.15) is 11.5 Å². The summed E-state index contributed by atoms with van der Waals surface area (Å²) >= 11 is 3.80. The highest BCUT2D eigenvalue weighted by molar-refractivity contribution is 9.10. The standard InChI is InChI=1S/C42H40BrNO2/c1-40(2,3)32-23-26(24-33(38(32)45)41(4,5)6)36-30-19-13-14-20-35(30)46-42(27-15-9-7-10-16-27,28-17-11-8-12-18-28)39-37(36)31-25-29(43)21-22-34(31)44-39/h7-25,36,44-45H,1-6H3/t36-/m0/s1. The molecule has 1 atom stereocenters. The van der Waals surface area contributed by atoms with E-state index in [9.17, 15) is 5.11 Å². The minimum atomic E-state index is -0.967. The Bertz CT molecular complexity index is 1990. The van der Waals surface area contributed by atoms with Crippen molar-refractivity contribution in [1.82, 2.24) is 4.98 Å². The number of ether oxygens (including phenoxy) is 1. The zero-order valence-electron chi connectivity index (χ0n) is 27.3. The molecule has 3 nitrogen and oxygen atoms in total. The second-order valence-electron chi connectivity index (χ2n) is 14.6. The van der Waals surface area contributed by atoms with E-state index in [1.807, 2.05) is 0 Å². The van der Waals surface area contributed by atoms with Crippen molar-refractivity contribution in [3.63, 3.8) is 0 Å². The maximum atomic E-state index is 11.7. The van der Waals surface area contributed by atoms with E-state index in [1.165, 1.54) is 5.56 Å². The molecule has 1 aliphatic rings. The van der Waals surface area contributed by atoms with E-state index in [0.29, 0.717) is 5.75 Å². The van der Waals surface area contributed by atoms with Crippen molar-refractivity contribution in [1.29, 1.82) is 0 Å². The number of hydrogen-bond acceptors (Lipinski definition) is 2. The molecule has 0 unspecified atom stereocenters. The Morgan fingerprint density at radius 2 is 1.24 bits per heavy atom. The summed E-state index contributed by atoms with van der Waals surface area (Å²) in [4.78, 5) is 3.91. The second-order valence-corrected chi connectivity index (χ2v) is 15.5. The zero-order valence-corrected chi connectivity index (χ0v) is 28.9. The Kier molecular flexibility index (Phi) is 7.21. The number of phenolic OH excluding ortho intramolecular Hbond substituents is 1. The lowest BCUT2D eigenvalue weighted by atomic mass is 9.73. The fourth-order valence-electron chi connectivity index (χ4n) is 7.18. The molecule has 0 fully saturated rings. The molecule has 0 amide bonds. The van der Waals surface area contributed by atoms with Crippen molar-refractivity contribution in [2.24, 2.45) is 0 Å². The summed E-state index contributed by atoms with van der Waals surface area (Å²) in [6.07, 6.45) is 0. The summed E-state index contributed by atoms with van der Waals surface area (Å²) in [5.74, 6) is 1.02. The van der Waals surface area contributed by atoms with E-state index < -0.39 is 5.60 Å². The molecule has 0 aliphatic carbocycles. The highest BCUT2D eigenvalue weighted by Crippen LogP contribution is 2.54. The lowest BCUT2D eigenvalue weighted by Gasteiger charge is -2.35. The minimum Gasteiger partial charge on any atom is -0.507 e. The van der Waals surface area contributed by atoms with Gasteiger partial charge in [-0.05, 0) is 57.3 Å². The number of aromatic amines is 1. The van der Waals surface area contributed by atoms with E-state index in [1.54, 1.807) is 0 Å². The monoisotopic (exact) mass is 669 g/mol. The Balaban J connectivity index is 1.69. The Hall–Kier alpha value is -4.28. The average molecular weight is 671 g/mol. The van der Waals surface area contributed by atoms with Gasteiger partial charge in [0.25, 0.3) is 0 Å². The number of halogens is 1. The lowest BCUT2D eigenvalue weighted by Crippen LogP contribution is -2.36. The molecule has 2 N–H and O–H groups in total. The van der Waals surface area contributed by atoms with Crippen molar-refractivity contribution < 1.29 is 9.84 Å². The molecule has 0 bridgehead atoms. The van der Waals surface area contributed by atoms with Crippen LogP contribution in [0.5, 0.6) is 11.5 Å². The fraction of sp³-hybridized carbons (Fsp3) is 0.238. The molecule has 0 radical (unpaired) electrons. The lowest BCUT2D eigenvalue weighted by molar-refractivity contribution is 0.152. The van der Waals surface area contributed by atoms with Gasteiger partial charge in [0, 0.05) is 38.0 Å². The van der Waals surface area contributed by atoms with E-state index >= 15 is 0 Å². The highest BCUT2D eigenvalue weighted by atomic mass is 79.9. The predicted octanol–water partition coefficient (Wildman–Crippen LogP) is 11.1. The molecule has 46 heavy (non-hydrogen) atoms. The number of fused-ring (bicyclic) bond motifs is 4. The smallest absolute Gasteiger partial charge is 0.199 e. The average Bonchev–Trinajstić information content (AvgIpc) is 3.33. The van der Waals surface area contributed by atoms with Gasteiger partial charge in [-0.1, -0.05) is 148 Å². The van der Waals surface area contributed by atoms with Crippen LogP contribution in [0.4, 0.5) is 0 Å². The minimum absolute atomic E-state index is 0.189. The van der Waals surface area contributed by atoms with Crippen molar-refractivity contribution in [3.8, 4) is 11.5 Å². The van der Waals surface area contributed by atoms with Gasteiger partial charge in [0.2, 0.25) is 0 Å². The number of nitrogens with one attached hydrogen (secondary N) is 1. The summed E-state index contributed by atoms with van der Waals surface area (Å²) in [6.45, 7) is 13.0. The maximum absolute atomic E-state index is 11.7. The van der Waals surface area contributed by atoms with Crippen LogP contribution in [0.15, 0.2) is 120 Å². The first kappa shape index (κ1) is 30.4. The Morgan fingerprint density at radius 3 is 1.80 bits per heavy atom. The molecular weight excluding hydrogens is 630 g/mol. The van der Waals surface area contributed by atoms with Crippen molar-refractivity contribution in [2.75, 3.05) is 0 Å². The molecule has 1 aliphatic heterocycles. The molecule has 4 heteroatoms. The summed E-state index contributed by atoms with van der Waals surface area (Å²) in [5.41, 5.74) is 7.88. The van der Waals surface area contributed by atoms with Crippen molar-refractivity contribution in [3.05, 3.63) is 164 Å². The highest BCUT2D eigenvalue weighted by Gasteiger charge is 2.47. The van der Waals surface area contributed by atoms with E-state index in [-0.39, 0.29) is 16.7 Å². The van der Waals surface area contributed by atoms with E-state index in [2.05, 4.69) is 178 Å². The molecule has 6 aromatic rings. The molecule has 232 valence electrons. The molecule has 1 aromatic heterocycles. The summed E-state index contributed by atoms with van der Waals surface area (Å²) < 4.78 is 8.50. The number of aromatic hydroxyl groups is 1. The van der Waals surface area contributed by atoms with Crippen LogP contribution < -0.4 is 4.74 Å². The molecule has 0 saturated heterocycles. The van der Waals surface area contributed by atoms with Crippen LogP contribution in [0.25, 0.3) is 10.9 Å². The van der Waals surface area contributed by atoms with E-state index in [0.717, 1.165) is 60.2 Å². The van der Waals surface area contributed by atoms with Gasteiger partial charge in [-0.25, -0.2) is 0 Å². The van der Waals surface area contributed by atoms with Gasteiger partial charge >= 0.3 is 0 Å². The molecule has 7 rings (SSSR count).